The summed E-state index contributed by atoms with van der Waals surface area (Å²) >= 11 is 5.44. The molecule has 0 aliphatic heterocycles. The van der Waals surface area contributed by atoms with E-state index in [1.165, 1.54) is 30.5 Å². The number of thiocarbonyl (C=S) groups is 1. The van der Waals surface area contributed by atoms with Gasteiger partial charge in [0, 0.05) is 5.69 Å². The standard InChI is InChI=1S/C18H19FN2S/c19-15-9-6-10-16(13-15)20-17(22)21-18(11-4-5-12-18)14-7-2-1-3-8-14/h1-3,6-10,13H,4-5,11-12H2,(H2,20,21,22). The molecule has 1 fully saturated rings. The van der Waals surface area contributed by atoms with Crippen molar-refractivity contribution in [2.45, 2.75) is 31.2 Å². The Labute approximate surface area is 135 Å². The molecule has 1 aliphatic carbocycles. The smallest absolute Gasteiger partial charge is 0.171 e. The highest BCUT2D eigenvalue weighted by atomic mass is 32.1. The zero-order valence-electron chi connectivity index (χ0n) is 12.3. The fourth-order valence-electron chi connectivity index (χ4n) is 3.17. The third-order valence-electron chi connectivity index (χ3n) is 4.22. The summed E-state index contributed by atoms with van der Waals surface area (Å²) in [7, 11) is 0. The minimum absolute atomic E-state index is 0.112. The maximum atomic E-state index is 13.3. The molecule has 22 heavy (non-hydrogen) atoms. The molecule has 0 spiro atoms. The van der Waals surface area contributed by atoms with Gasteiger partial charge in [0.05, 0.1) is 5.54 Å². The van der Waals surface area contributed by atoms with Crippen molar-refractivity contribution in [3.8, 4) is 0 Å². The number of nitrogens with one attached hydrogen (secondary N) is 2. The highest BCUT2D eigenvalue weighted by Gasteiger charge is 2.36. The van der Waals surface area contributed by atoms with Crippen molar-refractivity contribution in [3.63, 3.8) is 0 Å². The molecule has 0 atom stereocenters. The van der Waals surface area contributed by atoms with Crippen LogP contribution in [0.5, 0.6) is 0 Å². The van der Waals surface area contributed by atoms with E-state index in [0.29, 0.717) is 10.8 Å². The Morgan fingerprint density at radius 2 is 1.73 bits per heavy atom. The summed E-state index contributed by atoms with van der Waals surface area (Å²) in [5.74, 6) is -0.272. The third kappa shape index (κ3) is 3.28. The molecular weight excluding hydrogens is 295 g/mol. The number of benzene rings is 2. The van der Waals surface area contributed by atoms with E-state index in [1.54, 1.807) is 12.1 Å². The van der Waals surface area contributed by atoms with E-state index in [1.807, 2.05) is 6.07 Å². The Morgan fingerprint density at radius 3 is 2.41 bits per heavy atom. The molecule has 0 amide bonds. The number of halogens is 1. The van der Waals surface area contributed by atoms with E-state index in [0.717, 1.165) is 12.8 Å². The second-order valence-electron chi connectivity index (χ2n) is 5.74. The van der Waals surface area contributed by atoms with Crippen LogP contribution in [0.3, 0.4) is 0 Å². The largest absolute Gasteiger partial charge is 0.353 e. The van der Waals surface area contributed by atoms with E-state index in [9.17, 15) is 4.39 Å². The van der Waals surface area contributed by atoms with Gasteiger partial charge in [0.1, 0.15) is 5.82 Å². The number of hydrogen-bond donors (Lipinski definition) is 2. The zero-order chi connectivity index (χ0) is 15.4. The molecule has 114 valence electrons. The van der Waals surface area contributed by atoms with Gasteiger partial charge in [-0.05, 0) is 48.8 Å². The van der Waals surface area contributed by atoms with Crippen LogP contribution in [0.15, 0.2) is 54.6 Å². The molecule has 0 aromatic heterocycles. The van der Waals surface area contributed by atoms with Crippen LogP contribution in [0.4, 0.5) is 10.1 Å². The van der Waals surface area contributed by atoms with Crippen molar-refractivity contribution < 1.29 is 4.39 Å². The second-order valence-corrected chi connectivity index (χ2v) is 6.15. The van der Waals surface area contributed by atoms with Crippen LogP contribution >= 0.6 is 12.2 Å². The lowest BCUT2D eigenvalue weighted by atomic mass is 9.88. The molecule has 2 nitrogen and oxygen atoms in total. The second kappa shape index (κ2) is 6.44. The normalized spacial score (nSPS) is 16.2. The molecule has 2 N–H and O–H groups in total. The van der Waals surface area contributed by atoms with Crippen molar-refractivity contribution in [1.29, 1.82) is 0 Å². The first-order valence-corrected chi connectivity index (χ1v) is 7.99. The lowest BCUT2D eigenvalue weighted by molar-refractivity contribution is 0.408. The topological polar surface area (TPSA) is 24.1 Å². The molecule has 0 saturated heterocycles. The van der Waals surface area contributed by atoms with Crippen LogP contribution in [0.1, 0.15) is 31.2 Å². The fraction of sp³-hybridized carbons (Fsp3) is 0.278. The Kier molecular flexibility index (Phi) is 4.39. The van der Waals surface area contributed by atoms with Crippen molar-refractivity contribution in [1.82, 2.24) is 5.32 Å². The van der Waals surface area contributed by atoms with Gasteiger partial charge >= 0.3 is 0 Å². The summed E-state index contributed by atoms with van der Waals surface area (Å²) in [6.07, 6.45) is 4.49. The maximum Gasteiger partial charge on any atom is 0.171 e. The van der Waals surface area contributed by atoms with E-state index in [-0.39, 0.29) is 11.4 Å². The molecule has 0 heterocycles. The molecule has 4 heteroatoms. The van der Waals surface area contributed by atoms with Crippen LogP contribution in [0.25, 0.3) is 0 Å². The molecular formula is C18H19FN2S. The lowest BCUT2D eigenvalue weighted by Gasteiger charge is -2.32. The minimum Gasteiger partial charge on any atom is -0.353 e. The van der Waals surface area contributed by atoms with E-state index >= 15 is 0 Å². The van der Waals surface area contributed by atoms with Crippen molar-refractivity contribution in [2.24, 2.45) is 0 Å². The first-order chi connectivity index (χ1) is 10.7. The Morgan fingerprint density at radius 1 is 1.00 bits per heavy atom. The summed E-state index contributed by atoms with van der Waals surface area (Å²) in [5.41, 5.74) is 1.81. The summed E-state index contributed by atoms with van der Waals surface area (Å²) in [6, 6.07) is 16.8. The summed E-state index contributed by atoms with van der Waals surface area (Å²) in [4.78, 5) is 0. The van der Waals surface area contributed by atoms with E-state index < -0.39 is 0 Å². The van der Waals surface area contributed by atoms with Crippen LogP contribution < -0.4 is 10.6 Å². The lowest BCUT2D eigenvalue weighted by Crippen LogP contribution is -2.45. The highest BCUT2D eigenvalue weighted by Crippen LogP contribution is 2.38. The number of hydrogen-bond acceptors (Lipinski definition) is 1. The number of rotatable bonds is 3. The van der Waals surface area contributed by atoms with Crippen LogP contribution in [0, 0.1) is 5.82 Å². The predicted molar refractivity (Wildman–Crippen MR) is 92.3 cm³/mol. The van der Waals surface area contributed by atoms with Crippen molar-refractivity contribution in [2.75, 3.05) is 5.32 Å². The monoisotopic (exact) mass is 314 g/mol. The van der Waals surface area contributed by atoms with Crippen molar-refractivity contribution in [3.05, 3.63) is 66.0 Å². The van der Waals surface area contributed by atoms with Gasteiger partial charge in [-0.25, -0.2) is 4.39 Å². The zero-order valence-corrected chi connectivity index (χ0v) is 13.1. The van der Waals surface area contributed by atoms with Crippen LogP contribution in [0.2, 0.25) is 0 Å². The van der Waals surface area contributed by atoms with Gasteiger partial charge in [0.15, 0.2) is 5.11 Å². The first kappa shape index (κ1) is 15.0. The Hall–Kier alpha value is -1.94. The third-order valence-corrected chi connectivity index (χ3v) is 4.42. The summed E-state index contributed by atoms with van der Waals surface area (Å²) in [6.45, 7) is 0. The molecule has 1 saturated carbocycles. The molecule has 2 aromatic carbocycles. The van der Waals surface area contributed by atoms with Gasteiger partial charge in [0.25, 0.3) is 0 Å². The van der Waals surface area contributed by atoms with Gasteiger partial charge in [-0.1, -0.05) is 49.2 Å². The molecule has 0 radical (unpaired) electrons. The average molecular weight is 314 g/mol. The summed E-state index contributed by atoms with van der Waals surface area (Å²) in [5, 5.41) is 7.10. The molecule has 1 aliphatic rings. The Bertz CT molecular complexity index is 651. The predicted octanol–water partition coefficient (Wildman–Crippen LogP) is 4.58. The highest BCUT2D eigenvalue weighted by molar-refractivity contribution is 7.80. The first-order valence-electron chi connectivity index (χ1n) is 7.58. The molecule has 0 unspecified atom stereocenters. The molecule has 2 aromatic rings. The van der Waals surface area contributed by atoms with Crippen LogP contribution in [-0.2, 0) is 5.54 Å². The quantitative estimate of drug-likeness (QED) is 0.811. The van der Waals surface area contributed by atoms with Gasteiger partial charge < -0.3 is 10.6 Å². The maximum absolute atomic E-state index is 13.3. The molecule has 0 bridgehead atoms. The fourth-order valence-corrected chi connectivity index (χ4v) is 3.48. The van der Waals surface area contributed by atoms with Crippen molar-refractivity contribution >= 4 is 23.0 Å². The van der Waals surface area contributed by atoms with Gasteiger partial charge in [-0.2, -0.15) is 0 Å². The van der Waals surface area contributed by atoms with Gasteiger partial charge in [-0.3, -0.25) is 0 Å². The van der Waals surface area contributed by atoms with Gasteiger partial charge in [0.2, 0.25) is 0 Å². The molecule has 3 rings (SSSR count). The van der Waals surface area contributed by atoms with Gasteiger partial charge in [-0.15, -0.1) is 0 Å². The van der Waals surface area contributed by atoms with E-state index in [4.69, 9.17) is 12.2 Å². The Balaban J connectivity index is 1.76. The summed E-state index contributed by atoms with van der Waals surface area (Å²) < 4.78 is 13.3. The SMILES string of the molecule is Fc1cccc(NC(=S)NC2(c3ccccc3)CCCC2)c1. The minimum atomic E-state index is -0.272. The number of anilines is 1. The average Bonchev–Trinajstić information content (AvgIpc) is 2.98. The van der Waals surface area contributed by atoms with Crippen LogP contribution in [-0.4, -0.2) is 5.11 Å². The van der Waals surface area contributed by atoms with E-state index in [2.05, 4.69) is 34.9 Å².